The largest absolute Gasteiger partial charge is 0.495 e. The Hall–Kier alpha value is -2.80. The molecule has 0 saturated heterocycles. The first-order valence-electron chi connectivity index (χ1n) is 6.96. The molecule has 8 heteroatoms. The van der Waals surface area contributed by atoms with Crippen molar-refractivity contribution in [3.05, 3.63) is 57.6 Å². The maximum Gasteiger partial charge on any atom is 0.269 e. The number of amides is 1. The van der Waals surface area contributed by atoms with Crippen LogP contribution in [0.5, 0.6) is 11.5 Å². The van der Waals surface area contributed by atoms with Crippen molar-refractivity contribution in [2.24, 2.45) is 0 Å². The summed E-state index contributed by atoms with van der Waals surface area (Å²) in [6.45, 7) is 1.57. The van der Waals surface area contributed by atoms with Crippen molar-refractivity contribution in [1.29, 1.82) is 0 Å². The van der Waals surface area contributed by atoms with Crippen LogP contribution in [0.1, 0.15) is 6.92 Å². The molecule has 0 aliphatic carbocycles. The van der Waals surface area contributed by atoms with Gasteiger partial charge in [0.2, 0.25) is 0 Å². The minimum atomic E-state index is -0.799. The van der Waals surface area contributed by atoms with Gasteiger partial charge in [-0.2, -0.15) is 0 Å². The van der Waals surface area contributed by atoms with Crippen molar-refractivity contribution in [2.45, 2.75) is 13.0 Å². The van der Waals surface area contributed by atoms with Crippen molar-refractivity contribution < 1.29 is 19.2 Å². The smallest absolute Gasteiger partial charge is 0.269 e. The highest BCUT2D eigenvalue weighted by Crippen LogP contribution is 2.27. The summed E-state index contributed by atoms with van der Waals surface area (Å²) in [5.41, 5.74) is 0.456. The average molecular weight is 351 g/mol. The number of nitrogens with zero attached hydrogens (tertiary/aromatic N) is 1. The van der Waals surface area contributed by atoms with E-state index in [1.807, 2.05) is 0 Å². The third kappa shape index (κ3) is 4.36. The molecular formula is C16H15ClN2O5. The molecular weight excluding hydrogens is 336 g/mol. The molecule has 0 heterocycles. The number of benzene rings is 2. The van der Waals surface area contributed by atoms with E-state index < -0.39 is 11.0 Å². The van der Waals surface area contributed by atoms with Gasteiger partial charge in [-0.3, -0.25) is 14.9 Å². The van der Waals surface area contributed by atoms with Gasteiger partial charge < -0.3 is 14.8 Å². The van der Waals surface area contributed by atoms with Gasteiger partial charge in [0.05, 0.1) is 17.1 Å². The Morgan fingerprint density at radius 2 is 1.92 bits per heavy atom. The Balaban J connectivity index is 1.99. The van der Waals surface area contributed by atoms with Crippen LogP contribution < -0.4 is 14.8 Å². The van der Waals surface area contributed by atoms with Crippen molar-refractivity contribution in [3.8, 4) is 11.5 Å². The minimum Gasteiger partial charge on any atom is -0.495 e. The van der Waals surface area contributed by atoms with Crippen LogP contribution in [-0.4, -0.2) is 24.0 Å². The van der Waals surface area contributed by atoms with Gasteiger partial charge >= 0.3 is 0 Å². The van der Waals surface area contributed by atoms with Gasteiger partial charge in [-0.1, -0.05) is 11.6 Å². The first-order valence-corrected chi connectivity index (χ1v) is 7.34. The summed E-state index contributed by atoms with van der Waals surface area (Å²) in [6.07, 6.45) is -0.799. The summed E-state index contributed by atoms with van der Waals surface area (Å²) in [6, 6.07) is 10.3. The van der Waals surface area contributed by atoms with E-state index in [0.717, 1.165) is 0 Å². The number of nitro benzene ring substituents is 1. The van der Waals surface area contributed by atoms with E-state index in [9.17, 15) is 14.9 Å². The van der Waals surface area contributed by atoms with Crippen molar-refractivity contribution in [3.63, 3.8) is 0 Å². The van der Waals surface area contributed by atoms with Crippen LogP contribution in [-0.2, 0) is 4.79 Å². The SMILES string of the molecule is COc1ccc(NC(=O)C(C)Oc2ccc([N+](=O)[O-])cc2)cc1Cl. The van der Waals surface area contributed by atoms with E-state index in [4.69, 9.17) is 21.1 Å². The van der Waals surface area contributed by atoms with Crippen LogP contribution >= 0.6 is 11.6 Å². The number of anilines is 1. The van der Waals surface area contributed by atoms with Crippen LogP contribution in [0.15, 0.2) is 42.5 Å². The normalized spacial score (nSPS) is 11.5. The molecule has 2 aromatic rings. The lowest BCUT2D eigenvalue weighted by Gasteiger charge is -2.15. The fourth-order valence-electron chi connectivity index (χ4n) is 1.89. The minimum absolute atomic E-state index is 0.0488. The standard InChI is InChI=1S/C16H15ClN2O5/c1-10(24-13-6-4-12(5-7-13)19(21)22)16(20)18-11-3-8-15(23-2)14(17)9-11/h3-10H,1-2H3,(H,18,20). The molecule has 7 nitrogen and oxygen atoms in total. The van der Waals surface area contributed by atoms with E-state index in [2.05, 4.69) is 5.32 Å². The fraction of sp³-hybridized carbons (Fsp3) is 0.188. The number of nitro groups is 1. The Bertz CT molecular complexity index is 749. The van der Waals surface area contributed by atoms with Gasteiger partial charge in [0.15, 0.2) is 6.10 Å². The third-order valence-electron chi connectivity index (χ3n) is 3.15. The fourth-order valence-corrected chi connectivity index (χ4v) is 2.15. The average Bonchev–Trinajstić information content (AvgIpc) is 2.55. The molecule has 126 valence electrons. The van der Waals surface area contributed by atoms with Gasteiger partial charge in [-0.15, -0.1) is 0 Å². The molecule has 0 spiro atoms. The quantitative estimate of drug-likeness (QED) is 0.634. The summed E-state index contributed by atoms with van der Waals surface area (Å²) in [5, 5.41) is 13.6. The zero-order chi connectivity index (χ0) is 17.7. The molecule has 24 heavy (non-hydrogen) atoms. The van der Waals surface area contributed by atoms with E-state index in [0.29, 0.717) is 22.2 Å². The van der Waals surface area contributed by atoms with Gasteiger partial charge in [-0.25, -0.2) is 0 Å². The highest BCUT2D eigenvalue weighted by atomic mass is 35.5. The zero-order valence-electron chi connectivity index (χ0n) is 13.0. The molecule has 0 radical (unpaired) electrons. The lowest BCUT2D eigenvalue weighted by atomic mass is 10.2. The highest BCUT2D eigenvalue weighted by molar-refractivity contribution is 6.32. The monoisotopic (exact) mass is 350 g/mol. The van der Waals surface area contributed by atoms with Crippen molar-refractivity contribution in [2.75, 3.05) is 12.4 Å². The molecule has 1 N–H and O–H groups in total. The van der Waals surface area contributed by atoms with Gasteiger partial charge in [0, 0.05) is 17.8 Å². The lowest BCUT2D eigenvalue weighted by molar-refractivity contribution is -0.384. The number of rotatable bonds is 6. The summed E-state index contributed by atoms with van der Waals surface area (Å²) >= 11 is 6.00. The van der Waals surface area contributed by atoms with Crippen LogP contribution in [0.3, 0.4) is 0 Å². The van der Waals surface area contributed by atoms with E-state index in [1.165, 1.54) is 31.4 Å². The Morgan fingerprint density at radius 1 is 1.25 bits per heavy atom. The number of carbonyl (C=O) groups excluding carboxylic acids is 1. The van der Waals surface area contributed by atoms with Crippen molar-refractivity contribution in [1.82, 2.24) is 0 Å². The second kappa shape index (κ2) is 7.65. The molecule has 1 atom stereocenters. The number of hydrogen-bond donors (Lipinski definition) is 1. The number of nitrogens with one attached hydrogen (secondary N) is 1. The molecule has 0 fully saturated rings. The second-order valence-electron chi connectivity index (χ2n) is 4.85. The molecule has 0 aliphatic heterocycles. The Morgan fingerprint density at radius 3 is 2.46 bits per heavy atom. The Labute approximate surface area is 143 Å². The molecule has 0 bridgehead atoms. The molecule has 2 rings (SSSR count). The second-order valence-corrected chi connectivity index (χ2v) is 5.26. The van der Waals surface area contributed by atoms with Crippen LogP contribution in [0, 0.1) is 10.1 Å². The first kappa shape index (κ1) is 17.6. The number of hydrogen-bond acceptors (Lipinski definition) is 5. The topological polar surface area (TPSA) is 90.7 Å². The number of carbonyl (C=O) groups is 1. The van der Waals surface area contributed by atoms with Crippen LogP contribution in [0.25, 0.3) is 0 Å². The highest BCUT2D eigenvalue weighted by Gasteiger charge is 2.16. The molecule has 0 aromatic heterocycles. The maximum atomic E-state index is 12.1. The van der Waals surface area contributed by atoms with Crippen LogP contribution in [0.4, 0.5) is 11.4 Å². The lowest BCUT2D eigenvalue weighted by Crippen LogP contribution is -2.30. The Kier molecular flexibility index (Phi) is 5.59. The number of methoxy groups -OCH3 is 1. The van der Waals surface area contributed by atoms with Crippen molar-refractivity contribution >= 4 is 28.9 Å². The molecule has 1 unspecified atom stereocenters. The maximum absolute atomic E-state index is 12.1. The predicted octanol–water partition coefficient (Wildman–Crippen LogP) is 3.66. The molecule has 0 aliphatic rings. The number of non-ortho nitro benzene ring substituents is 1. The summed E-state index contributed by atoms with van der Waals surface area (Å²) in [7, 11) is 1.50. The predicted molar refractivity (Wildman–Crippen MR) is 89.8 cm³/mol. The van der Waals surface area contributed by atoms with Gasteiger partial charge in [0.1, 0.15) is 11.5 Å². The van der Waals surface area contributed by atoms with E-state index >= 15 is 0 Å². The molecule has 0 saturated carbocycles. The van der Waals surface area contributed by atoms with E-state index in [-0.39, 0.29) is 11.6 Å². The first-order chi connectivity index (χ1) is 11.4. The summed E-state index contributed by atoms with van der Waals surface area (Å²) in [5.74, 6) is 0.482. The third-order valence-corrected chi connectivity index (χ3v) is 3.44. The summed E-state index contributed by atoms with van der Waals surface area (Å²) in [4.78, 5) is 22.2. The summed E-state index contributed by atoms with van der Waals surface area (Å²) < 4.78 is 10.5. The van der Waals surface area contributed by atoms with Gasteiger partial charge in [-0.05, 0) is 37.3 Å². The molecule has 2 aromatic carbocycles. The zero-order valence-corrected chi connectivity index (χ0v) is 13.7. The number of ether oxygens (including phenoxy) is 2. The number of halogens is 1. The van der Waals surface area contributed by atoms with Crippen LogP contribution in [0.2, 0.25) is 5.02 Å². The van der Waals surface area contributed by atoms with E-state index in [1.54, 1.807) is 25.1 Å². The molecule has 1 amide bonds. The van der Waals surface area contributed by atoms with Gasteiger partial charge in [0.25, 0.3) is 11.6 Å².